The van der Waals surface area contributed by atoms with E-state index in [0.29, 0.717) is 23.0 Å². The molecule has 0 aliphatic carbocycles. The second kappa shape index (κ2) is 8.62. The number of methoxy groups -OCH3 is 2. The van der Waals surface area contributed by atoms with Gasteiger partial charge in [0.2, 0.25) is 0 Å². The summed E-state index contributed by atoms with van der Waals surface area (Å²) in [6.45, 7) is 7.30. The van der Waals surface area contributed by atoms with Gasteiger partial charge in [-0.2, -0.15) is 0 Å². The highest BCUT2D eigenvalue weighted by Crippen LogP contribution is 2.31. The first-order valence-corrected chi connectivity index (χ1v) is 8.07. The third kappa shape index (κ3) is 5.87. The van der Waals surface area contributed by atoms with Crippen LogP contribution in [-0.2, 0) is 5.60 Å². The molecule has 0 saturated carbocycles. The van der Waals surface area contributed by atoms with Gasteiger partial charge in [0.1, 0.15) is 23.0 Å². The Morgan fingerprint density at radius 3 is 1.76 bits per heavy atom. The van der Waals surface area contributed by atoms with E-state index in [2.05, 4.69) is 0 Å². The molecule has 0 fully saturated rings. The van der Waals surface area contributed by atoms with Crippen LogP contribution in [0, 0.1) is 0 Å². The molecule has 0 unspecified atom stereocenters. The SMILES string of the molecule is COc1ccc(O)c(C(C)(C)O)c1.COc1ccc(O)c(C(C)C)c1. The minimum atomic E-state index is -1.06. The fourth-order valence-corrected chi connectivity index (χ4v) is 2.25. The summed E-state index contributed by atoms with van der Waals surface area (Å²) < 4.78 is 10.0. The Morgan fingerprint density at radius 2 is 1.32 bits per heavy atom. The first-order chi connectivity index (χ1) is 11.6. The predicted molar refractivity (Wildman–Crippen MR) is 98.7 cm³/mol. The Morgan fingerprint density at radius 1 is 0.840 bits per heavy atom. The van der Waals surface area contributed by atoms with Gasteiger partial charge in [-0.05, 0) is 56.2 Å². The van der Waals surface area contributed by atoms with E-state index in [0.717, 1.165) is 11.3 Å². The van der Waals surface area contributed by atoms with Gasteiger partial charge in [-0.25, -0.2) is 0 Å². The van der Waals surface area contributed by atoms with Gasteiger partial charge >= 0.3 is 0 Å². The van der Waals surface area contributed by atoms with E-state index < -0.39 is 5.60 Å². The normalized spacial score (nSPS) is 10.9. The maximum atomic E-state index is 9.67. The Hall–Kier alpha value is -2.40. The minimum Gasteiger partial charge on any atom is -0.508 e. The van der Waals surface area contributed by atoms with Crippen LogP contribution >= 0.6 is 0 Å². The summed E-state index contributed by atoms with van der Waals surface area (Å²) in [5.74, 6) is 2.14. The fourth-order valence-electron chi connectivity index (χ4n) is 2.25. The minimum absolute atomic E-state index is 0.0771. The zero-order chi connectivity index (χ0) is 19.2. The van der Waals surface area contributed by atoms with E-state index in [9.17, 15) is 15.3 Å². The van der Waals surface area contributed by atoms with Crippen LogP contribution in [0.25, 0.3) is 0 Å². The van der Waals surface area contributed by atoms with Crippen LogP contribution < -0.4 is 9.47 Å². The van der Waals surface area contributed by atoms with Gasteiger partial charge in [-0.15, -0.1) is 0 Å². The summed E-state index contributed by atoms with van der Waals surface area (Å²) in [5, 5.41) is 28.6. The quantitative estimate of drug-likeness (QED) is 0.773. The van der Waals surface area contributed by atoms with E-state index in [1.165, 1.54) is 6.07 Å². The lowest BCUT2D eigenvalue weighted by atomic mass is 9.97. The molecule has 0 aliphatic rings. The molecule has 0 radical (unpaired) electrons. The number of aliphatic hydroxyl groups is 1. The first kappa shape index (κ1) is 20.6. The summed E-state index contributed by atoms with van der Waals surface area (Å²) >= 11 is 0. The lowest BCUT2D eigenvalue weighted by Gasteiger charge is -2.19. The van der Waals surface area contributed by atoms with Crippen molar-refractivity contribution in [2.45, 2.75) is 39.2 Å². The third-order valence-electron chi connectivity index (χ3n) is 3.72. The molecule has 0 heterocycles. The Balaban J connectivity index is 0.000000251. The molecule has 0 amide bonds. The van der Waals surface area contributed by atoms with E-state index >= 15 is 0 Å². The zero-order valence-corrected chi connectivity index (χ0v) is 15.7. The number of hydrogen-bond acceptors (Lipinski definition) is 5. The van der Waals surface area contributed by atoms with Crippen LogP contribution in [0.2, 0.25) is 0 Å². The molecule has 2 rings (SSSR count). The van der Waals surface area contributed by atoms with Crippen LogP contribution in [0.1, 0.15) is 44.7 Å². The molecule has 0 aromatic heterocycles. The van der Waals surface area contributed by atoms with E-state index in [1.807, 2.05) is 19.9 Å². The fraction of sp³-hybridized carbons (Fsp3) is 0.400. The highest BCUT2D eigenvalue weighted by molar-refractivity contribution is 5.42. The number of rotatable bonds is 4. The lowest BCUT2D eigenvalue weighted by molar-refractivity contribution is 0.0755. The van der Waals surface area contributed by atoms with E-state index in [4.69, 9.17) is 9.47 Å². The van der Waals surface area contributed by atoms with Gasteiger partial charge in [0.25, 0.3) is 0 Å². The van der Waals surface area contributed by atoms with Crippen molar-refractivity contribution in [3.8, 4) is 23.0 Å². The maximum absolute atomic E-state index is 9.67. The van der Waals surface area contributed by atoms with Crippen LogP contribution in [0.15, 0.2) is 36.4 Å². The molecule has 3 N–H and O–H groups in total. The van der Waals surface area contributed by atoms with Crippen molar-refractivity contribution in [1.29, 1.82) is 0 Å². The van der Waals surface area contributed by atoms with E-state index in [1.54, 1.807) is 52.3 Å². The van der Waals surface area contributed by atoms with Crippen molar-refractivity contribution in [2.75, 3.05) is 14.2 Å². The highest BCUT2D eigenvalue weighted by Gasteiger charge is 2.20. The molecule has 25 heavy (non-hydrogen) atoms. The van der Waals surface area contributed by atoms with Crippen molar-refractivity contribution in [3.63, 3.8) is 0 Å². The summed E-state index contributed by atoms with van der Waals surface area (Å²) in [7, 11) is 3.16. The van der Waals surface area contributed by atoms with Crippen LogP contribution in [-0.4, -0.2) is 29.5 Å². The van der Waals surface area contributed by atoms with Gasteiger partial charge in [-0.1, -0.05) is 13.8 Å². The Bertz CT molecular complexity index is 687. The van der Waals surface area contributed by atoms with Crippen molar-refractivity contribution >= 4 is 0 Å². The van der Waals surface area contributed by atoms with Gasteiger partial charge < -0.3 is 24.8 Å². The average Bonchev–Trinajstić information content (AvgIpc) is 2.55. The molecule has 0 bridgehead atoms. The van der Waals surface area contributed by atoms with Gasteiger partial charge in [-0.3, -0.25) is 0 Å². The lowest BCUT2D eigenvalue weighted by Crippen LogP contribution is -2.15. The first-order valence-electron chi connectivity index (χ1n) is 8.07. The van der Waals surface area contributed by atoms with E-state index in [-0.39, 0.29) is 5.75 Å². The molecule has 5 nitrogen and oxygen atoms in total. The second-order valence-electron chi connectivity index (χ2n) is 6.52. The third-order valence-corrected chi connectivity index (χ3v) is 3.72. The predicted octanol–water partition coefficient (Wildman–Crippen LogP) is 4.15. The monoisotopic (exact) mass is 348 g/mol. The van der Waals surface area contributed by atoms with Crippen molar-refractivity contribution in [2.24, 2.45) is 0 Å². The number of hydrogen-bond donors (Lipinski definition) is 3. The van der Waals surface area contributed by atoms with Crippen molar-refractivity contribution < 1.29 is 24.8 Å². The maximum Gasteiger partial charge on any atom is 0.121 e. The topological polar surface area (TPSA) is 79.2 Å². The molecule has 5 heteroatoms. The number of aromatic hydroxyl groups is 2. The van der Waals surface area contributed by atoms with Crippen LogP contribution in [0.4, 0.5) is 0 Å². The molecular formula is C20H28O5. The molecule has 0 aliphatic heterocycles. The highest BCUT2D eigenvalue weighted by atomic mass is 16.5. The Labute approximate surface area is 149 Å². The number of ether oxygens (including phenoxy) is 2. The molecule has 0 spiro atoms. The average molecular weight is 348 g/mol. The largest absolute Gasteiger partial charge is 0.508 e. The summed E-state index contributed by atoms with van der Waals surface area (Å²) in [6.07, 6.45) is 0. The molecular weight excluding hydrogens is 320 g/mol. The molecule has 2 aromatic carbocycles. The number of phenolic OH excluding ortho intramolecular Hbond substituents is 2. The van der Waals surface area contributed by atoms with Crippen molar-refractivity contribution in [3.05, 3.63) is 47.5 Å². The standard InChI is InChI=1S/C10H14O3.C10H14O2/c1-10(2,12)8-6-7(13-3)4-5-9(8)11;1-7(2)9-6-8(12-3)4-5-10(9)11/h4-6,11-12H,1-3H3;4-7,11H,1-3H3. The summed E-state index contributed by atoms with van der Waals surface area (Å²) in [4.78, 5) is 0. The molecule has 138 valence electrons. The number of phenols is 2. The van der Waals surface area contributed by atoms with Gasteiger partial charge in [0.05, 0.1) is 19.8 Å². The number of benzene rings is 2. The molecule has 0 saturated heterocycles. The summed E-state index contributed by atoms with van der Waals surface area (Å²) in [6, 6.07) is 10.0. The van der Waals surface area contributed by atoms with Crippen molar-refractivity contribution in [1.82, 2.24) is 0 Å². The van der Waals surface area contributed by atoms with Gasteiger partial charge in [0.15, 0.2) is 0 Å². The molecule has 0 atom stereocenters. The smallest absolute Gasteiger partial charge is 0.121 e. The van der Waals surface area contributed by atoms with Crippen LogP contribution in [0.5, 0.6) is 23.0 Å². The Kier molecular flexibility index (Phi) is 7.12. The van der Waals surface area contributed by atoms with Crippen LogP contribution in [0.3, 0.4) is 0 Å². The zero-order valence-electron chi connectivity index (χ0n) is 15.7. The van der Waals surface area contributed by atoms with Gasteiger partial charge in [0, 0.05) is 11.1 Å². The summed E-state index contributed by atoms with van der Waals surface area (Å²) in [5.41, 5.74) is 0.333. The molecule has 2 aromatic rings. The second-order valence-corrected chi connectivity index (χ2v) is 6.52.